The van der Waals surface area contributed by atoms with Crippen LogP contribution in [0.15, 0.2) is 0 Å². The molecule has 4 atom stereocenters. The lowest BCUT2D eigenvalue weighted by Gasteiger charge is -2.41. The van der Waals surface area contributed by atoms with Crippen LogP contribution in [0.5, 0.6) is 0 Å². The second-order valence-corrected chi connectivity index (χ2v) is 66.8. The van der Waals surface area contributed by atoms with E-state index in [2.05, 4.69) is 105 Å². The molecule has 4 saturated heterocycles. The van der Waals surface area contributed by atoms with Gasteiger partial charge in [-0.05, 0) is 204 Å². The van der Waals surface area contributed by atoms with E-state index in [1.165, 1.54) is 0 Å². The van der Waals surface area contributed by atoms with Crippen molar-refractivity contribution in [2.45, 2.75) is 287 Å². The molecule has 0 aromatic rings. The monoisotopic (exact) mass is 1350 g/mol. The van der Waals surface area contributed by atoms with Crippen LogP contribution in [0.1, 0.15) is 97.3 Å². The molecule has 0 aromatic carbocycles. The molecule has 13 nitrogen and oxygen atoms in total. The molecule has 4 aliphatic rings. The van der Waals surface area contributed by atoms with E-state index in [1.807, 2.05) is 0 Å². The molecule has 85 heavy (non-hydrogen) atoms. The lowest BCUT2D eigenvalue weighted by atomic mass is 9.74. The van der Waals surface area contributed by atoms with Gasteiger partial charge in [-0.2, -0.15) is 8.78 Å². The van der Waals surface area contributed by atoms with E-state index < -0.39 is 102 Å². The van der Waals surface area contributed by atoms with E-state index in [-0.39, 0.29) is 50.1 Å². The minimum Gasteiger partial charge on any atom is -0.455 e. The third-order valence-corrected chi connectivity index (χ3v) is 47.8. The van der Waals surface area contributed by atoms with Gasteiger partial charge in [0.2, 0.25) is 0 Å². The Hall–Kier alpha value is 0.935. The zero-order chi connectivity index (χ0) is 63.5. The SMILES string of the molecule is CC(CCC[Si](C)(C)O[Si](C)(C)CCCOCC1CO1)(CCC[Si](C)(C)O[Si](C)(C)CCCOCC1CO1)C(F)(F)CCOC(F)(F)C(C)(CCC[Si](C)(C)O[Si](C)(C)CCCOCC1CO1)CCC[Si](C)(C)O[Si](C)(C)CCCOCC1CO1. The minimum atomic E-state index is -3.65. The Kier molecular flexibility index (Phi) is 31.7. The van der Waals surface area contributed by atoms with Crippen LogP contribution in [0.25, 0.3) is 0 Å². The molecule has 504 valence electrons. The van der Waals surface area contributed by atoms with Gasteiger partial charge in [0.25, 0.3) is 5.92 Å². The lowest BCUT2D eigenvalue weighted by molar-refractivity contribution is -0.312. The number of ether oxygens (including phenoxy) is 9. The number of halogens is 4. The van der Waals surface area contributed by atoms with E-state index in [4.69, 9.17) is 59.1 Å². The van der Waals surface area contributed by atoms with Crippen molar-refractivity contribution in [3.63, 3.8) is 0 Å². The summed E-state index contributed by atoms with van der Waals surface area (Å²) in [5.41, 5.74) is -3.05. The number of hydrogen-bond acceptors (Lipinski definition) is 13. The molecule has 4 heterocycles. The Bertz CT molecular complexity index is 1660. The molecule has 0 radical (unpaired) electrons. The van der Waals surface area contributed by atoms with Crippen LogP contribution in [-0.2, 0) is 59.1 Å². The van der Waals surface area contributed by atoms with Crippen molar-refractivity contribution in [3.8, 4) is 0 Å². The second-order valence-electron chi connectivity index (χ2n) is 31.4. The van der Waals surface area contributed by atoms with Crippen LogP contribution < -0.4 is 0 Å². The summed E-state index contributed by atoms with van der Waals surface area (Å²) in [6.45, 7) is 46.5. The number of epoxide rings is 4. The highest BCUT2D eigenvalue weighted by Gasteiger charge is 2.54. The summed E-state index contributed by atoms with van der Waals surface area (Å²) in [4.78, 5) is 0. The maximum atomic E-state index is 17.5. The van der Waals surface area contributed by atoms with Gasteiger partial charge >= 0.3 is 6.11 Å². The van der Waals surface area contributed by atoms with Gasteiger partial charge in [0.05, 0.1) is 64.9 Å². The summed E-state index contributed by atoms with van der Waals surface area (Å²) in [5.74, 6) is -3.28. The van der Waals surface area contributed by atoms with E-state index in [1.54, 1.807) is 13.8 Å². The van der Waals surface area contributed by atoms with Gasteiger partial charge in [0.15, 0.2) is 66.5 Å². The van der Waals surface area contributed by atoms with Crippen LogP contribution in [-0.4, -0.2) is 189 Å². The van der Waals surface area contributed by atoms with Crippen LogP contribution in [0.4, 0.5) is 17.6 Å². The molecule has 0 amide bonds. The molecule has 0 saturated carbocycles. The molecule has 0 aromatic heterocycles. The molecule has 0 aliphatic carbocycles. The van der Waals surface area contributed by atoms with E-state index >= 15 is 17.6 Å². The molecule has 4 unspecified atom stereocenters. The van der Waals surface area contributed by atoms with Crippen molar-refractivity contribution in [2.75, 3.05) is 85.9 Å². The largest absolute Gasteiger partial charge is 0.455 e. The first-order valence-corrected chi connectivity index (χ1v) is 58.1. The predicted octanol–water partition coefficient (Wildman–Crippen LogP) is 16.7. The van der Waals surface area contributed by atoms with E-state index in [9.17, 15) is 0 Å². The first-order valence-electron chi connectivity index (χ1n) is 33.2. The second kappa shape index (κ2) is 34.4. The Morgan fingerprint density at radius 1 is 0.318 bits per heavy atom. The standard InChI is InChI=1S/C60H126F4O13Si8/c1-57(27-19-37-78(3,4)74-82(11,12)41-23-32-65-45-53-49-69-53,28-20-38-79(5,6)75-83(13,14)42-24-33-66-46-54-50-70-54)59(61,62)31-36-73-60(63,64)58(2,29-21-39-80(7,8)76-84(15,16)43-25-34-67-47-55-51-71-55)30-22-40-81(9,10)77-85(17,18)44-26-35-68-48-56-52-72-56/h53-56H,19-52H2,1-18H3. The molecular formula is C60H126F4O13Si8. The fourth-order valence-corrected chi connectivity index (χ4v) is 47.9. The molecule has 4 fully saturated rings. The van der Waals surface area contributed by atoms with Gasteiger partial charge in [-0.25, -0.2) is 8.78 Å². The van der Waals surface area contributed by atoms with Crippen molar-refractivity contribution in [3.05, 3.63) is 0 Å². The first kappa shape index (κ1) is 78.4. The quantitative estimate of drug-likeness (QED) is 0.0248. The normalized spacial score (nSPS) is 21.5. The number of hydrogen-bond donors (Lipinski definition) is 0. The van der Waals surface area contributed by atoms with Crippen molar-refractivity contribution in [1.29, 1.82) is 0 Å². The summed E-state index contributed by atoms with van der Waals surface area (Å²) < 4.78 is 147. The molecular weight excluding hydrogens is 1230 g/mol. The Morgan fingerprint density at radius 2 is 0.529 bits per heavy atom. The topological polar surface area (TPSA) is 133 Å². The summed E-state index contributed by atoms with van der Waals surface area (Å²) in [5, 5.41) is 0. The van der Waals surface area contributed by atoms with E-state index in [0.717, 1.165) is 88.4 Å². The van der Waals surface area contributed by atoms with Crippen LogP contribution >= 0.6 is 0 Å². The average Bonchev–Trinajstić information content (AvgIpc) is 4.32. The van der Waals surface area contributed by atoms with Gasteiger partial charge in [-0.3, -0.25) is 0 Å². The van der Waals surface area contributed by atoms with Crippen molar-refractivity contribution >= 4 is 66.5 Å². The Morgan fingerprint density at radius 3 is 0.753 bits per heavy atom. The maximum Gasteiger partial charge on any atom is 0.361 e. The number of rotatable bonds is 54. The van der Waals surface area contributed by atoms with Crippen molar-refractivity contribution < 1.29 is 76.7 Å². The molecule has 0 spiro atoms. The zero-order valence-corrected chi connectivity index (χ0v) is 65.2. The molecule has 4 aliphatic heterocycles. The smallest absolute Gasteiger partial charge is 0.361 e. The minimum absolute atomic E-state index is 0.192. The lowest BCUT2D eigenvalue weighted by Crippen LogP contribution is -2.47. The first-order chi connectivity index (χ1) is 39.2. The summed E-state index contributed by atoms with van der Waals surface area (Å²) >= 11 is 0. The van der Waals surface area contributed by atoms with Gasteiger partial charge in [-0.1, -0.05) is 39.5 Å². The highest BCUT2D eigenvalue weighted by atomic mass is 28.4. The highest BCUT2D eigenvalue weighted by molar-refractivity contribution is 6.86. The van der Waals surface area contributed by atoms with Gasteiger partial charge in [0.1, 0.15) is 24.4 Å². The predicted molar refractivity (Wildman–Crippen MR) is 357 cm³/mol. The van der Waals surface area contributed by atoms with Gasteiger partial charge < -0.3 is 59.1 Å². The zero-order valence-electron chi connectivity index (χ0n) is 57.2. The van der Waals surface area contributed by atoms with E-state index in [0.29, 0.717) is 90.6 Å². The third-order valence-electron chi connectivity index (χ3n) is 17.6. The molecule has 0 bridgehead atoms. The Labute approximate surface area is 523 Å². The maximum absolute atomic E-state index is 17.5. The fourth-order valence-electron chi connectivity index (χ4n) is 12.6. The Balaban J connectivity index is 1.44. The van der Waals surface area contributed by atoms with Crippen LogP contribution in [0.2, 0.25) is 153 Å². The summed E-state index contributed by atoms with van der Waals surface area (Å²) in [6.07, 6.45) is 3.29. The highest BCUT2D eigenvalue weighted by Crippen LogP contribution is 2.51. The molecule has 0 N–H and O–H groups in total. The molecule has 25 heteroatoms. The third kappa shape index (κ3) is 34.1. The van der Waals surface area contributed by atoms with Crippen LogP contribution in [0.3, 0.4) is 0 Å². The van der Waals surface area contributed by atoms with Crippen LogP contribution in [0, 0.1) is 10.8 Å². The van der Waals surface area contributed by atoms with Gasteiger partial charge in [-0.15, -0.1) is 0 Å². The van der Waals surface area contributed by atoms with Crippen molar-refractivity contribution in [1.82, 2.24) is 0 Å². The molecule has 4 rings (SSSR count). The summed E-state index contributed by atoms with van der Waals surface area (Å²) in [7, 11) is -17.3. The number of alkyl halides is 4. The summed E-state index contributed by atoms with van der Waals surface area (Å²) in [6, 6.07) is 6.74. The van der Waals surface area contributed by atoms with Gasteiger partial charge in [0, 0.05) is 38.3 Å². The average molecular weight is 1360 g/mol. The fraction of sp³-hybridized carbons (Fsp3) is 1.00. The van der Waals surface area contributed by atoms with Crippen molar-refractivity contribution in [2.24, 2.45) is 10.8 Å².